The van der Waals surface area contributed by atoms with Gasteiger partial charge in [0.1, 0.15) is 6.54 Å². The Morgan fingerprint density at radius 1 is 0.950 bits per heavy atom. The zero-order chi connectivity index (χ0) is 28.8. The minimum absolute atomic E-state index is 0.112. The number of rotatable bonds is 9. The van der Waals surface area contributed by atoms with Gasteiger partial charge in [-0.05, 0) is 72.3 Å². The van der Waals surface area contributed by atoms with Crippen LogP contribution in [0.2, 0.25) is 10.0 Å². The quantitative estimate of drug-likeness (QED) is 0.290. The number of halogens is 2. The molecule has 2 N–H and O–H groups in total. The Hall–Kier alpha value is -3.99. The van der Waals surface area contributed by atoms with Crippen LogP contribution in [0, 0.1) is 6.92 Å². The molecule has 206 valence electrons. The number of imide groups is 1. The first-order valence-electron chi connectivity index (χ1n) is 11.8. The van der Waals surface area contributed by atoms with Gasteiger partial charge in [-0.2, -0.15) is 0 Å². The molecule has 0 aliphatic carbocycles. The number of amides is 4. The Morgan fingerprint density at radius 2 is 1.68 bits per heavy atom. The molecule has 0 unspecified atom stereocenters. The van der Waals surface area contributed by atoms with Crippen LogP contribution in [0.15, 0.2) is 65.6 Å². The van der Waals surface area contributed by atoms with E-state index in [9.17, 15) is 19.2 Å². The van der Waals surface area contributed by atoms with Crippen LogP contribution >= 0.6 is 35.0 Å². The highest BCUT2D eigenvalue weighted by molar-refractivity contribution is 8.18. The normalized spacial score (nSPS) is 13.9. The number of benzene rings is 3. The predicted octanol–water partition coefficient (Wildman–Crippen LogP) is 6.00. The SMILES string of the molecule is COc1cc(/C=C2\SC(=O)N(CC(=O)Nc3ccccc3)C2=O)cc(Cl)c1OCC(=O)Nc1ccc(C)c(Cl)c1. The van der Waals surface area contributed by atoms with Crippen molar-refractivity contribution in [2.75, 3.05) is 30.9 Å². The summed E-state index contributed by atoms with van der Waals surface area (Å²) in [6.45, 7) is 1.07. The summed E-state index contributed by atoms with van der Waals surface area (Å²) in [6.07, 6.45) is 1.46. The number of nitrogens with one attached hydrogen (secondary N) is 2. The average Bonchev–Trinajstić information content (AvgIpc) is 3.17. The monoisotopic (exact) mass is 599 g/mol. The lowest BCUT2D eigenvalue weighted by Crippen LogP contribution is -2.36. The first-order chi connectivity index (χ1) is 19.1. The van der Waals surface area contributed by atoms with Crippen LogP contribution in [-0.4, -0.2) is 48.1 Å². The van der Waals surface area contributed by atoms with Gasteiger partial charge in [-0.3, -0.25) is 24.1 Å². The number of hydrogen-bond acceptors (Lipinski definition) is 7. The number of methoxy groups -OCH3 is 1. The summed E-state index contributed by atoms with van der Waals surface area (Å²) in [5, 5.41) is 5.41. The molecule has 0 aromatic heterocycles. The van der Waals surface area contributed by atoms with Crippen LogP contribution in [0.3, 0.4) is 0 Å². The molecule has 1 saturated heterocycles. The zero-order valence-corrected chi connectivity index (χ0v) is 23.7. The molecular weight excluding hydrogens is 577 g/mol. The third kappa shape index (κ3) is 7.15. The van der Waals surface area contributed by atoms with Crippen molar-refractivity contribution >= 4 is 75.4 Å². The number of aryl methyl sites for hydroxylation is 1. The third-order valence-electron chi connectivity index (χ3n) is 5.59. The first kappa shape index (κ1) is 29.0. The van der Waals surface area contributed by atoms with E-state index in [1.54, 1.807) is 54.6 Å². The lowest BCUT2D eigenvalue weighted by molar-refractivity contribution is -0.127. The third-order valence-corrected chi connectivity index (χ3v) is 7.18. The minimum atomic E-state index is -0.610. The molecule has 0 atom stereocenters. The number of ether oxygens (including phenoxy) is 2. The van der Waals surface area contributed by atoms with E-state index in [2.05, 4.69) is 10.6 Å². The maximum absolute atomic E-state index is 12.9. The number of carbonyl (C=O) groups excluding carboxylic acids is 4. The molecule has 1 heterocycles. The molecule has 1 fully saturated rings. The van der Waals surface area contributed by atoms with Crippen molar-refractivity contribution < 1.29 is 28.7 Å². The molecule has 4 rings (SSSR count). The first-order valence-corrected chi connectivity index (χ1v) is 13.4. The lowest BCUT2D eigenvalue weighted by atomic mass is 10.1. The summed E-state index contributed by atoms with van der Waals surface area (Å²) in [6, 6.07) is 16.9. The van der Waals surface area contributed by atoms with Crippen molar-refractivity contribution in [1.29, 1.82) is 0 Å². The summed E-state index contributed by atoms with van der Waals surface area (Å²) >= 11 is 13.2. The molecule has 0 spiro atoms. The van der Waals surface area contributed by atoms with E-state index < -0.39 is 29.5 Å². The van der Waals surface area contributed by atoms with Crippen LogP contribution in [0.4, 0.5) is 16.2 Å². The maximum atomic E-state index is 12.9. The van der Waals surface area contributed by atoms with Crippen LogP contribution in [0.5, 0.6) is 11.5 Å². The number of anilines is 2. The second-order valence-electron chi connectivity index (χ2n) is 8.52. The summed E-state index contributed by atoms with van der Waals surface area (Å²) in [7, 11) is 1.40. The van der Waals surface area contributed by atoms with E-state index in [1.807, 2.05) is 6.92 Å². The second-order valence-corrected chi connectivity index (χ2v) is 10.3. The average molecular weight is 600 g/mol. The lowest BCUT2D eigenvalue weighted by Gasteiger charge is -2.14. The van der Waals surface area contributed by atoms with Crippen molar-refractivity contribution in [2.45, 2.75) is 6.92 Å². The van der Waals surface area contributed by atoms with E-state index in [4.69, 9.17) is 32.7 Å². The molecule has 4 amide bonds. The number of hydrogen-bond donors (Lipinski definition) is 2. The summed E-state index contributed by atoms with van der Waals surface area (Å²) in [5.74, 6) is -1.21. The van der Waals surface area contributed by atoms with Crippen LogP contribution in [0.25, 0.3) is 6.08 Å². The molecule has 0 radical (unpaired) electrons. The largest absolute Gasteiger partial charge is 0.493 e. The smallest absolute Gasteiger partial charge is 0.294 e. The van der Waals surface area contributed by atoms with Gasteiger partial charge in [-0.15, -0.1) is 0 Å². The number of nitrogens with zero attached hydrogens (tertiary/aromatic N) is 1. The highest BCUT2D eigenvalue weighted by atomic mass is 35.5. The van der Waals surface area contributed by atoms with E-state index in [-0.39, 0.29) is 28.0 Å². The molecule has 40 heavy (non-hydrogen) atoms. The topological polar surface area (TPSA) is 114 Å². The van der Waals surface area contributed by atoms with Gasteiger partial charge in [0.15, 0.2) is 18.1 Å². The van der Waals surface area contributed by atoms with Crippen molar-refractivity contribution in [2.24, 2.45) is 0 Å². The summed E-state index contributed by atoms with van der Waals surface area (Å²) < 4.78 is 11.0. The minimum Gasteiger partial charge on any atom is -0.493 e. The number of thioether (sulfide) groups is 1. The molecule has 12 heteroatoms. The Morgan fingerprint density at radius 3 is 2.38 bits per heavy atom. The van der Waals surface area contributed by atoms with E-state index in [0.717, 1.165) is 10.5 Å². The Kier molecular flexibility index (Phi) is 9.36. The molecule has 3 aromatic carbocycles. The molecule has 1 aliphatic heterocycles. The number of carbonyl (C=O) groups is 4. The van der Waals surface area contributed by atoms with Crippen LogP contribution < -0.4 is 20.1 Å². The second kappa shape index (κ2) is 12.9. The van der Waals surface area contributed by atoms with Gasteiger partial charge in [-0.25, -0.2) is 0 Å². The fourth-order valence-corrected chi connectivity index (χ4v) is 4.91. The molecular formula is C28H23Cl2N3O6S. The highest BCUT2D eigenvalue weighted by Crippen LogP contribution is 2.39. The Labute approximate surface area is 244 Å². The van der Waals surface area contributed by atoms with E-state index in [0.29, 0.717) is 33.7 Å². The number of para-hydroxylation sites is 1. The molecule has 9 nitrogen and oxygen atoms in total. The predicted molar refractivity (Wildman–Crippen MR) is 156 cm³/mol. The fourth-order valence-electron chi connectivity index (χ4n) is 3.62. The van der Waals surface area contributed by atoms with Gasteiger partial charge in [0, 0.05) is 16.4 Å². The molecule has 0 bridgehead atoms. The highest BCUT2D eigenvalue weighted by Gasteiger charge is 2.36. The van der Waals surface area contributed by atoms with Crippen LogP contribution in [-0.2, 0) is 14.4 Å². The van der Waals surface area contributed by atoms with Gasteiger partial charge < -0.3 is 20.1 Å². The molecule has 0 saturated carbocycles. The maximum Gasteiger partial charge on any atom is 0.294 e. The summed E-state index contributed by atoms with van der Waals surface area (Å²) in [5.41, 5.74) is 2.40. The van der Waals surface area contributed by atoms with Crippen LogP contribution in [0.1, 0.15) is 11.1 Å². The van der Waals surface area contributed by atoms with Crippen molar-refractivity contribution in [3.8, 4) is 11.5 Å². The van der Waals surface area contributed by atoms with E-state index >= 15 is 0 Å². The zero-order valence-electron chi connectivity index (χ0n) is 21.3. The van der Waals surface area contributed by atoms with Gasteiger partial charge >= 0.3 is 0 Å². The van der Waals surface area contributed by atoms with Crippen molar-refractivity contribution in [3.05, 3.63) is 86.7 Å². The standard InChI is InChI=1S/C28H23Cl2N3O6S/c1-16-8-9-19(13-20(16)29)32-25(35)15-39-26-21(30)10-17(11-22(26)38-2)12-23-27(36)33(28(37)40-23)14-24(34)31-18-6-4-3-5-7-18/h3-13H,14-15H2,1-2H3,(H,31,34)(H,32,35)/b23-12-. The van der Waals surface area contributed by atoms with Gasteiger partial charge in [0.25, 0.3) is 17.1 Å². The molecule has 3 aromatic rings. The molecule has 1 aliphatic rings. The summed E-state index contributed by atoms with van der Waals surface area (Å²) in [4.78, 5) is 51.1. The van der Waals surface area contributed by atoms with Crippen molar-refractivity contribution in [3.63, 3.8) is 0 Å². The van der Waals surface area contributed by atoms with Gasteiger partial charge in [-0.1, -0.05) is 47.5 Å². The fraction of sp³-hybridized carbons (Fsp3) is 0.143. The van der Waals surface area contributed by atoms with E-state index in [1.165, 1.54) is 19.3 Å². The Bertz CT molecular complexity index is 1510. The Balaban J connectivity index is 1.42. The van der Waals surface area contributed by atoms with Gasteiger partial charge in [0.2, 0.25) is 5.91 Å². The van der Waals surface area contributed by atoms with Crippen molar-refractivity contribution in [1.82, 2.24) is 4.90 Å². The van der Waals surface area contributed by atoms with Gasteiger partial charge in [0.05, 0.1) is 17.0 Å².